The zero-order valence-corrected chi connectivity index (χ0v) is 12.8. The van der Waals surface area contributed by atoms with E-state index in [2.05, 4.69) is 0 Å². The maximum Gasteiger partial charge on any atom is 0.371 e. The Labute approximate surface area is 135 Å². The van der Waals surface area contributed by atoms with E-state index in [1.165, 1.54) is 24.3 Å². The van der Waals surface area contributed by atoms with Gasteiger partial charge < -0.3 is 14.6 Å². The summed E-state index contributed by atoms with van der Waals surface area (Å²) in [5.41, 5.74) is -0.396. The molecule has 0 fully saturated rings. The molecule has 120 valence electrons. The van der Waals surface area contributed by atoms with Crippen LogP contribution in [0.15, 0.2) is 62.8 Å². The largest absolute Gasteiger partial charge is 0.502 e. The van der Waals surface area contributed by atoms with Crippen molar-refractivity contribution in [2.24, 2.45) is 0 Å². The Morgan fingerprint density at radius 1 is 1.09 bits per heavy atom. The van der Waals surface area contributed by atoms with Crippen molar-refractivity contribution in [2.45, 2.75) is 9.99 Å². The number of rotatable bonds is 5. The number of halogens is 1. The monoisotopic (exact) mass is 356 g/mol. The van der Waals surface area contributed by atoms with Crippen molar-refractivity contribution in [3.63, 3.8) is 0 Å². The molecule has 0 saturated carbocycles. The Hall–Kier alpha value is -2.58. The number of furan rings is 1. The molecule has 0 aliphatic heterocycles. The minimum atomic E-state index is -4.15. The third-order valence-corrected chi connectivity index (χ3v) is 4.70. The number of carboxylic acids is 1. The van der Waals surface area contributed by atoms with Crippen molar-refractivity contribution in [1.82, 2.24) is 0 Å². The highest BCUT2D eigenvalue weighted by atomic mass is 35.5. The number of hydrogen-bond acceptors (Lipinski definition) is 6. The summed E-state index contributed by atoms with van der Waals surface area (Å²) in [5.74, 6) is -3.96. The molecular weight excluding hydrogens is 348 g/mol. The first kappa shape index (κ1) is 16.8. The molecule has 2 aromatic rings. The first-order valence-electron chi connectivity index (χ1n) is 6.00. The van der Waals surface area contributed by atoms with Gasteiger partial charge in [0.25, 0.3) is 0 Å². The minimum absolute atomic E-state index is 0.155. The number of ketones is 1. The topological polar surface area (TPSA) is 122 Å². The third kappa shape index (κ3) is 3.43. The maximum absolute atomic E-state index is 12.5. The van der Waals surface area contributed by atoms with Crippen LogP contribution in [0.2, 0.25) is 5.02 Å². The first-order chi connectivity index (χ1) is 10.7. The molecule has 0 unspecified atom stereocenters. The quantitative estimate of drug-likeness (QED) is 0.479. The standard InChI is InChI=1S/C14H9ClO7S/c15-8-1-3-9(4-2-8)23(20,21)14-10(5-6-22-14)11(16)7-12(17)13(18)19/h1-7,17H,(H,18,19)/b12-7-. The fourth-order valence-electron chi connectivity index (χ4n) is 1.67. The Bertz CT molecular complexity index is 891. The lowest BCUT2D eigenvalue weighted by molar-refractivity contribution is -0.135. The fourth-order valence-corrected chi connectivity index (χ4v) is 3.15. The van der Waals surface area contributed by atoms with Gasteiger partial charge >= 0.3 is 5.97 Å². The van der Waals surface area contributed by atoms with Gasteiger partial charge in [-0.3, -0.25) is 4.79 Å². The summed E-state index contributed by atoms with van der Waals surface area (Å²) in [6.07, 6.45) is 1.37. The van der Waals surface area contributed by atoms with Gasteiger partial charge in [-0.1, -0.05) is 11.6 Å². The second-order valence-electron chi connectivity index (χ2n) is 4.28. The highest BCUT2D eigenvalue weighted by molar-refractivity contribution is 7.91. The molecule has 9 heteroatoms. The number of carbonyl (C=O) groups is 2. The van der Waals surface area contributed by atoms with Crippen molar-refractivity contribution >= 4 is 33.2 Å². The maximum atomic E-state index is 12.5. The molecule has 0 bridgehead atoms. The number of carboxylic acid groups (broad SMARTS) is 1. The molecule has 2 rings (SSSR count). The Balaban J connectivity index is 2.49. The second-order valence-corrected chi connectivity index (χ2v) is 6.56. The van der Waals surface area contributed by atoms with Gasteiger partial charge in [0.1, 0.15) is 0 Å². The highest BCUT2D eigenvalue weighted by Crippen LogP contribution is 2.26. The lowest BCUT2D eigenvalue weighted by Gasteiger charge is -2.03. The van der Waals surface area contributed by atoms with Crippen molar-refractivity contribution in [2.75, 3.05) is 0 Å². The van der Waals surface area contributed by atoms with E-state index in [1.54, 1.807) is 0 Å². The van der Waals surface area contributed by atoms with E-state index in [0.717, 1.165) is 12.3 Å². The van der Waals surface area contributed by atoms with Crippen LogP contribution in [-0.2, 0) is 14.6 Å². The average molecular weight is 357 g/mol. The van der Waals surface area contributed by atoms with Gasteiger partial charge in [0.2, 0.25) is 20.7 Å². The van der Waals surface area contributed by atoms with Gasteiger partial charge in [0, 0.05) is 11.1 Å². The predicted molar refractivity (Wildman–Crippen MR) is 78.3 cm³/mol. The number of benzene rings is 1. The van der Waals surface area contributed by atoms with Gasteiger partial charge in [-0.15, -0.1) is 0 Å². The molecule has 23 heavy (non-hydrogen) atoms. The second kappa shape index (κ2) is 6.27. The van der Waals surface area contributed by atoms with Gasteiger partial charge in [-0.05, 0) is 30.3 Å². The summed E-state index contributed by atoms with van der Waals surface area (Å²) >= 11 is 5.69. The molecule has 7 nitrogen and oxygen atoms in total. The van der Waals surface area contributed by atoms with Gasteiger partial charge in [-0.2, -0.15) is 0 Å². The van der Waals surface area contributed by atoms with Crippen LogP contribution in [0, 0.1) is 0 Å². The summed E-state index contributed by atoms with van der Waals surface area (Å²) in [5, 5.41) is 17.3. The van der Waals surface area contributed by atoms with Gasteiger partial charge in [0.15, 0.2) is 5.78 Å². The van der Waals surface area contributed by atoms with Crippen LogP contribution in [0.3, 0.4) is 0 Å². The van der Waals surface area contributed by atoms with Crippen LogP contribution in [0.4, 0.5) is 0 Å². The van der Waals surface area contributed by atoms with Crippen molar-refractivity contribution in [1.29, 1.82) is 0 Å². The number of sulfone groups is 1. The fraction of sp³-hybridized carbons (Fsp3) is 0. The van der Waals surface area contributed by atoms with E-state index in [0.29, 0.717) is 11.1 Å². The van der Waals surface area contributed by atoms with Crippen LogP contribution < -0.4 is 0 Å². The van der Waals surface area contributed by atoms with E-state index in [1.807, 2.05) is 0 Å². The predicted octanol–water partition coefficient (Wildman–Crippen LogP) is 2.48. The zero-order valence-electron chi connectivity index (χ0n) is 11.3. The number of aliphatic hydroxyl groups excluding tert-OH is 1. The molecule has 1 aromatic heterocycles. The molecule has 2 N–H and O–H groups in total. The molecule has 0 saturated heterocycles. The molecule has 1 aromatic carbocycles. The summed E-state index contributed by atoms with van der Waals surface area (Å²) in [7, 11) is -4.15. The molecule has 0 radical (unpaired) electrons. The summed E-state index contributed by atoms with van der Waals surface area (Å²) < 4.78 is 29.8. The molecule has 1 heterocycles. The van der Waals surface area contributed by atoms with Crippen molar-refractivity contribution < 1.29 is 32.6 Å². The number of hydrogen-bond donors (Lipinski definition) is 2. The summed E-state index contributed by atoms with van der Waals surface area (Å²) in [6.45, 7) is 0. The van der Waals surface area contributed by atoms with Crippen molar-refractivity contribution in [3.8, 4) is 0 Å². The van der Waals surface area contributed by atoms with E-state index < -0.39 is 38.0 Å². The zero-order chi connectivity index (χ0) is 17.2. The lowest BCUT2D eigenvalue weighted by Crippen LogP contribution is -2.08. The molecule has 0 aliphatic rings. The number of carbonyl (C=O) groups excluding carboxylic acids is 1. The van der Waals surface area contributed by atoms with E-state index in [4.69, 9.17) is 26.2 Å². The molecule has 0 aliphatic carbocycles. The van der Waals surface area contributed by atoms with Crippen LogP contribution in [0.1, 0.15) is 10.4 Å². The molecule has 0 atom stereocenters. The van der Waals surface area contributed by atoms with Gasteiger partial charge in [-0.25, -0.2) is 13.2 Å². The minimum Gasteiger partial charge on any atom is -0.502 e. The van der Waals surface area contributed by atoms with Crippen LogP contribution in [0.5, 0.6) is 0 Å². The average Bonchev–Trinajstić information content (AvgIpc) is 2.97. The van der Waals surface area contributed by atoms with Crippen LogP contribution >= 0.6 is 11.6 Å². The van der Waals surface area contributed by atoms with Crippen LogP contribution in [-0.4, -0.2) is 30.4 Å². The van der Waals surface area contributed by atoms with Crippen LogP contribution in [0.25, 0.3) is 0 Å². The molecular formula is C14H9ClO7S. The molecule has 0 spiro atoms. The smallest absolute Gasteiger partial charge is 0.371 e. The number of allylic oxidation sites excluding steroid dienone is 1. The number of aliphatic carboxylic acids is 1. The molecule has 0 amide bonds. The van der Waals surface area contributed by atoms with E-state index in [9.17, 15) is 18.0 Å². The van der Waals surface area contributed by atoms with E-state index in [-0.39, 0.29) is 4.90 Å². The normalized spacial score (nSPS) is 12.1. The number of aliphatic hydroxyl groups is 1. The third-order valence-electron chi connectivity index (χ3n) is 2.75. The lowest BCUT2D eigenvalue weighted by atomic mass is 10.2. The summed E-state index contributed by atoms with van der Waals surface area (Å²) in [4.78, 5) is 22.3. The Morgan fingerprint density at radius 3 is 2.26 bits per heavy atom. The Kier molecular flexibility index (Phi) is 4.57. The van der Waals surface area contributed by atoms with Crippen molar-refractivity contribution in [3.05, 3.63) is 59.0 Å². The van der Waals surface area contributed by atoms with E-state index >= 15 is 0 Å². The summed E-state index contributed by atoms with van der Waals surface area (Å²) in [6, 6.07) is 6.25. The highest BCUT2D eigenvalue weighted by Gasteiger charge is 2.28. The Morgan fingerprint density at radius 2 is 1.70 bits per heavy atom. The van der Waals surface area contributed by atoms with Gasteiger partial charge in [0.05, 0.1) is 16.7 Å². The first-order valence-corrected chi connectivity index (χ1v) is 7.86. The SMILES string of the molecule is O=C(O)/C(O)=C/C(=O)c1ccoc1S(=O)(=O)c1ccc(Cl)cc1.